The summed E-state index contributed by atoms with van der Waals surface area (Å²) in [5, 5.41) is 14.9. The lowest BCUT2D eigenvalue weighted by Gasteiger charge is -2.30. The Balaban J connectivity index is 0.00000130. The van der Waals surface area contributed by atoms with Gasteiger partial charge in [-0.05, 0) is 89.9 Å². The van der Waals surface area contributed by atoms with Gasteiger partial charge in [0.05, 0.1) is 27.8 Å². The summed E-state index contributed by atoms with van der Waals surface area (Å²) < 4.78 is 336. The van der Waals surface area contributed by atoms with Crippen molar-refractivity contribution in [2.75, 3.05) is 29.9 Å². The van der Waals surface area contributed by atoms with Gasteiger partial charge in [-0.15, -0.1) is 0 Å². The summed E-state index contributed by atoms with van der Waals surface area (Å²) >= 11 is 0. The molecule has 41 heteroatoms. The van der Waals surface area contributed by atoms with Crippen LogP contribution >= 0.6 is 0 Å². The number of nitrogens with zero attached hydrogens (tertiary/aromatic N) is 7. The molecule has 0 aliphatic carbocycles. The van der Waals surface area contributed by atoms with E-state index in [0.29, 0.717) is 18.7 Å². The molecule has 89 heavy (non-hydrogen) atoms. The maximum Gasteiger partial charge on any atom is 0.458 e. The van der Waals surface area contributed by atoms with Crippen molar-refractivity contribution in [1.82, 2.24) is 13.7 Å². The van der Waals surface area contributed by atoms with Gasteiger partial charge in [0.1, 0.15) is 52.7 Å². The highest BCUT2D eigenvalue weighted by atomic mass is 19.4. The van der Waals surface area contributed by atoms with E-state index < -0.39 is 167 Å². The lowest BCUT2D eigenvalue weighted by molar-refractivity contribution is -0.291. The van der Waals surface area contributed by atoms with E-state index in [1.165, 1.54) is 90.1 Å². The van der Waals surface area contributed by atoms with Crippen LogP contribution < -0.4 is 9.80 Å². The fourth-order valence-electron chi connectivity index (χ4n) is 6.69. The molecule has 0 aliphatic heterocycles. The van der Waals surface area contributed by atoms with Gasteiger partial charge in [0.2, 0.25) is 0 Å². The number of alkyl halides is 24. The number of hydrogen-bond acceptors (Lipinski definition) is 11. The van der Waals surface area contributed by atoms with Crippen LogP contribution in [0.2, 0.25) is 6.82 Å². The zero-order valence-corrected chi connectivity index (χ0v) is 49.7. The van der Waals surface area contributed by atoms with Gasteiger partial charge in [0.25, 0.3) is 0 Å². The van der Waals surface area contributed by atoms with Crippen LogP contribution in [0, 0.1) is 0 Å². The SMILES string of the molecule is CN=NB(C)O.Cn1cc(C(F)(F)C(F)(F)F)c(C(F)(F)F)c1N(CC(=O)OC(C)(C)C)C(=O)OC(C)(C)C.Cn1cc(C(F)(F)F)c(C(F)(F)C(F)(F)F)c1.Cn1cc(C(F)(F)F)c(C(F)(F)C(F)(F)F)c1N(CC(=O)OC(C)(C)C)C(=O)OC(C)(C)C. The van der Waals surface area contributed by atoms with Gasteiger partial charge in [-0.1, -0.05) is 0 Å². The van der Waals surface area contributed by atoms with Crippen molar-refractivity contribution in [3.63, 3.8) is 0 Å². The summed E-state index contributed by atoms with van der Waals surface area (Å²) in [6.07, 6.45) is -38.7. The minimum Gasteiger partial charge on any atom is -0.459 e. The molecule has 0 saturated heterocycles. The molecule has 0 saturated carbocycles. The van der Waals surface area contributed by atoms with Crippen LogP contribution in [0.25, 0.3) is 0 Å². The van der Waals surface area contributed by atoms with E-state index in [1.54, 1.807) is 6.82 Å². The molecule has 0 radical (unpaired) electrons. The molecular weight excluding hydrogens is 1290 g/mol. The molecule has 3 rings (SSSR count). The van der Waals surface area contributed by atoms with E-state index in [9.17, 15) is 125 Å². The number of carbonyl (C=O) groups is 4. The number of carbonyl (C=O) groups excluding carboxylic acids is 4. The van der Waals surface area contributed by atoms with Crippen LogP contribution in [0.3, 0.4) is 0 Å². The van der Waals surface area contributed by atoms with Crippen molar-refractivity contribution < 1.29 is 149 Å². The summed E-state index contributed by atoms with van der Waals surface area (Å²) in [5.41, 5.74) is -18.8. The van der Waals surface area contributed by atoms with Gasteiger partial charge in [-0.25, -0.2) is 19.7 Å². The van der Waals surface area contributed by atoms with E-state index in [1.807, 2.05) is 0 Å². The number of esters is 2. The number of rotatable bonds is 10. The summed E-state index contributed by atoms with van der Waals surface area (Å²) in [7, 11) is 3.23. The Morgan fingerprint density at radius 2 is 0.730 bits per heavy atom. The number of aromatic nitrogens is 3. The van der Waals surface area contributed by atoms with Gasteiger partial charge in [0.15, 0.2) is 0 Å². The van der Waals surface area contributed by atoms with Crippen molar-refractivity contribution >= 4 is 42.8 Å². The Labute approximate surface area is 491 Å². The maximum absolute atomic E-state index is 14.4. The number of aryl methyl sites for hydroxylation is 3. The first-order valence-corrected chi connectivity index (χ1v) is 24.4. The molecule has 3 aromatic rings. The molecule has 0 aliphatic rings. The number of ether oxygens (including phenoxy) is 4. The molecule has 3 heterocycles. The molecule has 0 aromatic carbocycles. The fraction of sp³-hybridized carbons (Fsp3) is 0.667. The third-order valence-electron chi connectivity index (χ3n) is 9.64. The molecule has 16 nitrogen and oxygen atoms in total. The molecular formula is C48H60BF24N7O9. The standard InChI is InChI=1S/2C19H24F8N2O4.C8H5F8N.C2H7BN2O/c1-15(2,3)32-11(30)9-29(14(31)33-16(4,5)6)13-12(17(20,21)19(25,26)27)10(8-28(13)7)18(22,23)24;1-15(2,3)32-11(30)9-29(14(31)33-16(4,5)6)13-12(18(22,23)24)10(8-28(13)7)17(20,21)19(25,26)27;1-17-2-4(5(3-17)7(11,12)13)6(9,10)8(14,15)16;1-3(6)5-4-2/h2*8H,9H2,1-7H3;2-3H,1H3;6H,1-2H3. The zero-order valence-electron chi connectivity index (χ0n) is 49.7. The van der Waals surface area contributed by atoms with Crippen molar-refractivity contribution in [1.29, 1.82) is 0 Å². The number of amides is 2. The average molecular weight is 1350 g/mol. The number of halogens is 24. The molecule has 0 spiro atoms. The van der Waals surface area contributed by atoms with Gasteiger partial charge in [-0.2, -0.15) is 105 Å². The zero-order chi connectivity index (χ0) is 71.4. The monoisotopic (exact) mass is 1350 g/mol. The van der Waals surface area contributed by atoms with E-state index in [4.69, 9.17) is 24.0 Å². The first-order valence-electron chi connectivity index (χ1n) is 24.4. The predicted molar refractivity (Wildman–Crippen MR) is 265 cm³/mol. The second kappa shape index (κ2) is 27.8. The van der Waals surface area contributed by atoms with Gasteiger partial charge in [0, 0.05) is 53.0 Å². The summed E-state index contributed by atoms with van der Waals surface area (Å²) in [4.78, 5) is 49.8. The van der Waals surface area contributed by atoms with Crippen LogP contribution in [-0.2, 0) is 86.0 Å². The topological polar surface area (TPSA) is 171 Å². The first-order chi connectivity index (χ1) is 38.9. The molecule has 0 atom stereocenters. The van der Waals surface area contributed by atoms with Crippen LogP contribution in [-0.4, -0.2) is 111 Å². The molecule has 0 unspecified atom stereocenters. The smallest absolute Gasteiger partial charge is 0.458 e. The van der Waals surface area contributed by atoms with Crippen molar-refractivity contribution in [3.8, 4) is 0 Å². The van der Waals surface area contributed by atoms with E-state index >= 15 is 0 Å². The number of anilines is 2. The Morgan fingerprint density at radius 3 is 0.989 bits per heavy atom. The maximum atomic E-state index is 14.4. The second-order valence-corrected chi connectivity index (χ2v) is 22.4. The third-order valence-corrected chi connectivity index (χ3v) is 9.64. The van der Waals surface area contributed by atoms with Gasteiger partial charge >= 0.3 is 86.0 Å². The first kappa shape index (κ1) is 82.3. The molecule has 1 N–H and O–H groups in total. The molecule has 2 amide bonds. The molecule has 512 valence electrons. The lowest BCUT2D eigenvalue weighted by atomic mass is 9.92. The minimum atomic E-state index is -6.45. The molecule has 0 bridgehead atoms. The highest BCUT2D eigenvalue weighted by Gasteiger charge is 2.66. The largest absolute Gasteiger partial charge is 0.459 e. The van der Waals surface area contributed by atoms with Crippen molar-refractivity contribution in [2.45, 2.75) is 167 Å². The van der Waals surface area contributed by atoms with Gasteiger partial charge < -0.3 is 37.7 Å². The summed E-state index contributed by atoms with van der Waals surface area (Å²) in [6.45, 7) is 15.3. The third kappa shape index (κ3) is 23.5. The Bertz CT molecular complexity index is 2930. The summed E-state index contributed by atoms with van der Waals surface area (Å²) in [5.74, 6) is -23.0. The Kier molecular flexibility index (Phi) is 25.7. The van der Waals surface area contributed by atoms with Crippen LogP contribution in [0.15, 0.2) is 34.9 Å². The normalized spacial score (nSPS) is 13.5. The highest BCUT2D eigenvalue weighted by molar-refractivity contribution is 6.45. The second-order valence-electron chi connectivity index (χ2n) is 22.4. The quantitative estimate of drug-likeness (QED) is 0.0682. The highest BCUT2D eigenvalue weighted by Crippen LogP contribution is 2.54. The summed E-state index contributed by atoms with van der Waals surface area (Å²) in [6, 6.07) is 0. The predicted octanol–water partition coefficient (Wildman–Crippen LogP) is 15.4. The van der Waals surface area contributed by atoms with Crippen LogP contribution in [0.1, 0.15) is 116 Å². The van der Waals surface area contributed by atoms with E-state index in [0.717, 1.165) is 7.05 Å². The van der Waals surface area contributed by atoms with Crippen LogP contribution in [0.4, 0.5) is 127 Å². The Hall–Kier alpha value is -6.74. The number of hydrogen-bond donors (Lipinski definition) is 1. The average Bonchev–Trinajstić information content (AvgIpc) is 1.66. The van der Waals surface area contributed by atoms with Crippen molar-refractivity contribution in [2.24, 2.45) is 31.3 Å². The molecule has 3 aromatic heterocycles. The van der Waals surface area contributed by atoms with Crippen LogP contribution in [0.5, 0.6) is 0 Å². The Morgan fingerprint density at radius 1 is 0.438 bits per heavy atom. The van der Waals surface area contributed by atoms with E-state index in [2.05, 4.69) is 10.1 Å². The van der Waals surface area contributed by atoms with Crippen molar-refractivity contribution in [3.05, 3.63) is 58.2 Å². The minimum absolute atomic E-state index is 0.0120. The van der Waals surface area contributed by atoms with Gasteiger partial charge in [-0.3, -0.25) is 19.4 Å². The van der Waals surface area contributed by atoms with E-state index in [-0.39, 0.29) is 43.7 Å². The molecule has 0 fully saturated rings. The lowest BCUT2D eigenvalue weighted by Crippen LogP contribution is -2.44. The fourth-order valence-corrected chi connectivity index (χ4v) is 6.69.